The van der Waals surface area contributed by atoms with Crippen molar-refractivity contribution in [3.63, 3.8) is 0 Å². The fourth-order valence-corrected chi connectivity index (χ4v) is 5.84. The number of benzene rings is 1. The van der Waals surface area contributed by atoms with E-state index >= 15 is 0 Å². The Morgan fingerprint density at radius 3 is 2.55 bits per heavy atom. The molecule has 2 fully saturated rings. The van der Waals surface area contributed by atoms with Gasteiger partial charge in [-0.05, 0) is 82.0 Å². The summed E-state index contributed by atoms with van der Waals surface area (Å²) in [5, 5.41) is 12.3. The van der Waals surface area contributed by atoms with Crippen LogP contribution in [0.4, 0.5) is 0 Å². The molecule has 1 aromatic heterocycles. The standard InChI is InChI=1S/C26H39N3O2/c1-3-16-28(2)20-26(31)12-10-25(11-13-26)14-17-29(18-15-25)24(30)9-8-21-19-27-23-7-5-4-6-22(21)23/h4-7,19,27,31H,3,8-18,20H2,1-2H3. The van der Waals surface area contributed by atoms with Crippen molar-refractivity contribution in [3.8, 4) is 0 Å². The Morgan fingerprint density at radius 1 is 1.13 bits per heavy atom. The number of likely N-dealkylation sites (N-methyl/N-ethyl adjacent to an activating group) is 1. The number of hydrogen-bond acceptors (Lipinski definition) is 3. The van der Waals surface area contributed by atoms with Gasteiger partial charge in [-0.3, -0.25) is 4.79 Å². The Kier molecular flexibility index (Phi) is 6.73. The van der Waals surface area contributed by atoms with Crippen molar-refractivity contribution in [2.75, 3.05) is 33.2 Å². The van der Waals surface area contributed by atoms with Crippen LogP contribution < -0.4 is 0 Å². The maximum Gasteiger partial charge on any atom is 0.222 e. The number of aryl methyl sites for hydroxylation is 1. The third kappa shape index (κ3) is 5.15. The van der Waals surface area contributed by atoms with Crippen molar-refractivity contribution in [1.82, 2.24) is 14.8 Å². The first-order valence-corrected chi connectivity index (χ1v) is 12.2. The van der Waals surface area contributed by atoms with Crippen LogP contribution in [-0.2, 0) is 11.2 Å². The number of para-hydroxylation sites is 1. The number of amides is 1. The number of carbonyl (C=O) groups is 1. The molecule has 1 aromatic carbocycles. The third-order valence-electron chi connectivity index (χ3n) is 7.87. The molecule has 31 heavy (non-hydrogen) atoms. The number of aromatic nitrogens is 1. The maximum atomic E-state index is 12.9. The molecule has 170 valence electrons. The number of aromatic amines is 1. The second-order valence-corrected chi connectivity index (χ2v) is 10.2. The molecule has 2 aromatic rings. The minimum absolute atomic E-state index is 0.286. The van der Waals surface area contributed by atoms with Crippen LogP contribution in [0.1, 0.15) is 63.9 Å². The first-order chi connectivity index (χ1) is 14.9. The zero-order chi connectivity index (χ0) is 21.9. The van der Waals surface area contributed by atoms with E-state index in [2.05, 4.69) is 47.0 Å². The zero-order valence-corrected chi connectivity index (χ0v) is 19.3. The van der Waals surface area contributed by atoms with Crippen LogP contribution in [0.2, 0.25) is 0 Å². The minimum Gasteiger partial charge on any atom is -0.389 e. The summed E-state index contributed by atoms with van der Waals surface area (Å²) >= 11 is 0. The number of carbonyl (C=O) groups excluding carboxylic acids is 1. The van der Waals surface area contributed by atoms with Crippen molar-refractivity contribution < 1.29 is 9.90 Å². The summed E-state index contributed by atoms with van der Waals surface area (Å²) in [4.78, 5) is 20.5. The number of H-pyrrole nitrogens is 1. The van der Waals surface area contributed by atoms with Crippen LogP contribution in [0.5, 0.6) is 0 Å². The number of piperidine rings is 1. The molecule has 2 aliphatic rings. The first-order valence-electron chi connectivity index (χ1n) is 12.2. The number of nitrogens with zero attached hydrogens (tertiary/aromatic N) is 2. The number of aliphatic hydroxyl groups is 1. The average Bonchev–Trinajstić information content (AvgIpc) is 3.18. The third-order valence-corrected chi connectivity index (χ3v) is 7.87. The first kappa shape index (κ1) is 22.3. The van der Waals surface area contributed by atoms with Gasteiger partial charge in [0.2, 0.25) is 5.91 Å². The molecule has 1 aliphatic heterocycles. The molecule has 1 saturated heterocycles. The maximum absolute atomic E-state index is 12.9. The Balaban J connectivity index is 1.24. The number of rotatable bonds is 7. The van der Waals surface area contributed by atoms with Gasteiger partial charge < -0.3 is 19.9 Å². The van der Waals surface area contributed by atoms with E-state index in [4.69, 9.17) is 0 Å². The number of likely N-dealkylation sites (tertiary alicyclic amines) is 1. The molecule has 4 rings (SSSR count). The van der Waals surface area contributed by atoms with Gasteiger partial charge in [0.1, 0.15) is 0 Å². The van der Waals surface area contributed by atoms with E-state index in [1.54, 1.807) is 0 Å². The fraction of sp³-hybridized carbons (Fsp3) is 0.654. The Hall–Kier alpha value is -1.85. The van der Waals surface area contributed by atoms with Gasteiger partial charge in [0.05, 0.1) is 5.60 Å². The normalized spacial score (nSPS) is 20.6. The van der Waals surface area contributed by atoms with E-state index in [-0.39, 0.29) is 5.91 Å². The molecule has 2 heterocycles. The molecule has 1 amide bonds. The number of hydrogen-bond donors (Lipinski definition) is 2. The van der Waals surface area contributed by atoms with Gasteiger partial charge in [-0.2, -0.15) is 0 Å². The van der Waals surface area contributed by atoms with Gasteiger partial charge in [0.15, 0.2) is 0 Å². The van der Waals surface area contributed by atoms with Crippen molar-refractivity contribution in [2.24, 2.45) is 5.41 Å². The summed E-state index contributed by atoms with van der Waals surface area (Å²) in [6, 6.07) is 8.30. The quantitative estimate of drug-likeness (QED) is 0.693. The summed E-state index contributed by atoms with van der Waals surface area (Å²) in [7, 11) is 2.12. The molecule has 2 N–H and O–H groups in total. The zero-order valence-electron chi connectivity index (χ0n) is 19.3. The summed E-state index contributed by atoms with van der Waals surface area (Å²) < 4.78 is 0. The van der Waals surface area contributed by atoms with Crippen LogP contribution in [-0.4, -0.2) is 64.6 Å². The van der Waals surface area contributed by atoms with Crippen molar-refractivity contribution in [2.45, 2.75) is 70.3 Å². The van der Waals surface area contributed by atoms with Gasteiger partial charge >= 0.3 is 0 Å². The molecular formula is C26H39N3O2. The van der Waals surface area contributed by atoms with E-state index < -0.39 is 5.60 Å². The van der Waals surface area contributed by atoms with Crippen molar-refractivity contribution >= 4 is 16.8 Å². The highest BCUT2D eigenvalue weighted by molar-refractivity contribution is 5.84. The molecule has 1 saturated carbocycles. The lowest BCUT2D eigenvalue weighted by molar-refractivity contribution is -0.135. The van der Waals surface area contributed by atoms with E-state index in [0.717, 1.165) is 83.1 Å². The predicted molar refractivity (Wildman–Crippen MR) is 126 cm³/mol. The van der Waals surface area contributed by atoms with E-state index in [0.29, 0.717) is 11.8 Å². The topological polar surface area (TPSA) is 59.6 Å². The van der Waals surface area contributed by atoms with Crippen molar-refractivity contribution in [1.29, 1.82) is 0 Å². The lowest BCUT2D eigenvalue weighted by Crippen LogP contribution is -2.50. The highest BCUT2D eigenvalue weighted by atomic mass is 16.3. The summed E-state index contributed by atoms with van der Waals surface area (Å²) in [6.07, 6.45) is 10.7. The second-order valence-electron chi connectivity index (χ2n) is 10.2. The molecule has 0 bridgehead atoms. The number of nitrogens with one attached hydrogen (secondary N) is 1. The highest BCUT2D eigenvalue weighted by Crippen LogP contribution is 2.47. The predicted octanol–water partition coefficient (Wildman–Crippen LogP) is 4.36. The fourth-order valence-electron chi connectivity index (χ4n) is 5.84. The van der Waals surface area contributed by atoms with Crippen LogP contribution >= 0.6 is 0 Å². The van der Waals surface area contributed by atoms with Crippen LogP contribution in [0.15, 0.2) is 30.5 Å². The molecule has 5 nitrogen and oxygen atoms in total. The van der Waals surface area contributed by atoms with E-state index in [1.165, 1.54) is 10.9 Å². The SMILES string of the molecule is CCCN(C)CC1(O)CCC2(CCN(C(=O)CCc3c[nH]c4ccccc34)CC2)CC1. The molecule has 1 aliphatic carbocycles. The Labute approximate surface area is 186 Å². The Morgan fingerprint density at radius 2 is 1.84 bits per heavy atom. The summed E-state index contributed by atoms with van der Waals surface area (Å²) in [6.45, 7) is 5.77. The van der Waals surface area contributed by atoms with E-state index in [9.17, 15) is 9.90 Å². The molecule has 0 radical (unpaired) electrons. The summed E-state index contributed by atoms with van der Waals surface area (Å²) in [5.74, 6) is 0.286. The highest BCUT2D eigenvalue weighted by Gasteiger charge is 2.43. The molecule has 0 atom stereocenters. The molecular weight excluding hydrogens is 386 g/mol. The second kappa shape index (κ2) is 9.33. The van der Waals surface area contributed by atoms with Crippen LogP contribution in [0, 0.1) is 5.41 Å². The van der Waals surface area contributed by atoms with Crippen LogP contribution in [0.3, 0.4) is 0 Å². The van der Waals surface area contributed by atoms with Gasteiger partial charge in [-0.25, -0.2) is 0 Å². The number of fused-ring (bicyclic) bond motifs is 1. The average molecular weight is 426 g/mol. The smallest absolute Gasteiger partial charge is 0.222 e. The molecule has 5 heteroatoms. The lowest BCUT2D eigenvalue weighted by Gasteiger charge is -2.49. The van der Waals surface area contributed by atoms with Gasteiger partial charge in [-0.1, -0.05) is 25.1 Å². The van der Waals surface area contributed by atoms with Crippen molar-refractivity contribution in [3.05, 3.63) is 36.0 Å². The summed E-state index contributed by atoms with van der Waals surface area (Å²) in [5.41, 5.74) is 2.19. The monoisotopic (exact) mass is 425 g/mol. The Bertz CT molecular complexity index is 872. The largest absolute Gasteiger partial charge is 0.389 e. The molecule has 0 unspecified atom stereocenters. The van der Waals surface area contributed by atoms with E-state index in [1.807, 2.05) is 12.3 Å². The van der Waals surface area contributed by atoms with Crippen LogP contribution in [0.25, 0.3) is 10.9 Å². The minimum atomic E-state index is -0.526. The molecule has 1 spiro atoms. The lowest BCUT2D eigenvalue weighted by atomic mass is 9.64. The van der Waals surface area contributed by atoms with Gasteiger partial charge in [-0.15, -0.1) is 0 Å². The van der Waals surface area contributed by atoms with Gasteiger partial charge in [0.25, 0.3) is 0 Å². The van der Waals surface area contributed by atoms with Gasteiger partial charge in [0, 0.05) is 43.2 Å².